The summed E-state index contributed by atoms with van der Waals surface area (Å²) >= 11 is 1.19. The summed E-state index contributed by atoms with van der Waals surface area (Å²) < 4.78 is 0. The molecule has 0 aliphatic heterocycles. The molecule has 106 valence electrons. The van der Waals surface area contributed by atoms with Crippen LogP contribution in [0.4, 0.5) is 11.4 Å². The number of hydrogen-bond donors (Lipinski definition) is 2. The van der Waals surface area contributed by atoms with Gasteiger partial charge in [-0.05, 0) is 44.4 Å². The quantitative estimate of drug-likeness (QED) is 0.479. The van der Waals surface area contributed by atoms with Crippen LogP contribution in [0.15, 0.2) is 29.4 Å². The molecule has 20 heavy (non-hydrogen) atoms. The van der Waals surface area contributed by atoms with Crippen LogP contribution >= 0.6 is 11.8 Å². The van der Waals surface area contributed by atoms with Gasteiger partial charge in [0.2, 0.25) is 0 Å². The van der Waals surface area contributed by atoms with Crippen molar-refractivity contribution in [2.24, 2.45) is 5.10 Å². The van der Waals surface area contributed by atoms with Crippen molar-refractivity contribution in [2.75, 3.05) is 29.7 Å². The molecule has 1 aromatic rings. The molecular weight excluding hydrogens is 270 g/mol. The van der Waals surface area contributed by atoms with E-state index in [1.807, 2.05) is 30.3 Å². The Balaban J connectivity index is 2.78. The summed E-state index contributed by atoms with van der Waals surface area (Å²) in [5.74, 6) is 0. The van der Waals surface area contributed by atoms with Crippen LogP contribution in [-0.4, -0.2) is 30.1 Å². The van der Waals surface area contributed by atoms with E-state index in [0.717, 1.165) is 24.5 Å². The Labute approximate surface area is 124 Å². The van der Waals surface area contributed by atoms with Crippen molar-refractivity contribution >= 4 is 33.9 Å². The van der Waals surface area contributed by atoms with Crippen molar-refractivity contribution in [1.29, 1.82) is 10.7 Å². The fraction of sp³-hybridized carbons (Fsp3) is 0.357. The van der Waals surface area contributed by atoms with Crippen molar-refractivity contribution in [2.45, 2.75) is 13.8 Å². The van der Waals surface area contributed by atoms with Gasteiger partial charge in [-0.3, -0.25) is 10.8 Å². The highest BCUT2D eigenvalue weighted by Crippen LogP contribution is 2.17. The maximum atomic E-state index is 8.90. The molecule has 0 atom stereocenters. The number of nitriles is 1. The summed E-state index contributed by atoms with van der Waals surface area (Å²) in [6.45, 7) is 6.16. The topological polar surface area (TPSA) is 75.3 Å². The highest BCUT2D eigenvalue weighted by molar-refractivity contribution is 8.15. The molecule has 0 amide bonds. The van der Waals surface area contributed by atoms with Crippen LogP contribution in [0.25, 0.3) is 0 Å². The first-order valence-corrected chi connectivity index (χ1v) is 7.60. The van der Waals surface area contributed by atoms with E-state index in [2.05, 4.69) is 29.3 Å². The predicted octanol–water partition coefficient (Wildman–Crippen LogP) is 3.16. The van der Waals surface area contributed by atoms with Crippen LogP contribution in [0.5, 0.6) is 0 Å². The lowest BCUT2D eigenvalue weighted by Crippen LogP contribution is -2.21. The van der Waals surface area contributed by atoms with Gasteiger partial charge in [0.25, 0.3) is 0 Å². The van der Waals surface area contributed by atoms with Gasteiger partial charge < -0.3 is 4.90 Å². The number of hydrazone groups is 1. The monoisotopic (exact) mass is 289 g/mol. The van der Waals surface area contributed by atoms with Gasteiger partial charge in [0.1, 0.15) is 11.1 Å². The minimum absolute atomic E-state index is 0.0883. The summed E-state index contributed by atoms with van der Waals surface area (Å²) in [4.78, 5) is 2.25. The maximum Gasteiger partial charge on any atom is 0.192 e. The van der Waals surface area contributed by atoms with Gasteiger partial charge in [-0.25, -0.2) is 0 Å². The number of nitrogens with one attached hydrogen (secondary N) is 2. The zero-order valence-electron chi connectivity index (χ0n) is 12.0. The molecule has 0 saturated carbocycles. The molecule has 0 fully saturated rings. The zero-order valence-corrected chi connectivity index (χ0v) is 12.8. The van der Waals surface area contributed by atoms with Gasteiger partial charge in [-0.1, -0.05) is 0 Å². The Hall–Kier alpha value is -2.00. The summed E-state index contributed by atoms with van der Waals surface area (Å²) in [6, 6.07) is 9.75. The first-order valence-electron chi connectivity index (χ1n) is 6.37. The molecule has 0 spiro atoms. The zero-order chi connectivity index (χ0) is 15.0. The van der Waals surface area contributed by atoms with Crippen molar-refractivity contribution in [3.63, 3.8) is 0 Å². The molecule has 0 radical (unpaired) electrons. The Bertz CT molecular complexity index is 511. The van der Waals surface area contributed by atoms with Crippen molar-refractivity contribution in [3.8, 4) is 6.07 Å². The average Bonchev–Trinajstić information content (AvgIpc) is 2.50. The highest BCUT2D eigenvalue weighted by Gasteiger charge is 2.05. The molecule has 0 unspecified atom stereocenters. The third kappa shape index (κ3) is 4.28. The molecule has 2 N–H and O–H groups in total. The van der Waals surface area contributed by atoms with E-state index in [-0.39, 0.29) is 10.8 Å². The molecule has 6 heteroatoms. The average molecular weight is 289 g/mol. The van der Waals surface area contributed by atoms with Crippen LogP contribution in [0.2, 0.25) is 0 Å². The van der Waals surface area contributed by atoms with Gasteiger partial charge >= 0.3 is 0 Å². The van der Waals surface area contributed by atoms with Crippen molar-refractivity contribution in [1.82, 2.24) is 0 Å². The van der Waals surface area contributed by atoms with Gasteiger partial charge in [0, 0.05) is 18.8 Å². The summed E-state index contributed by atoms with van der Waals surface area (Å²) in [6.07, 6.45) is 1.74. The molecule has 1 aromatic carbocycles. The largest absolute Gasteiger partial charge is 0.372 e. The smallest absolute Gasteiger partial charge is 0.192 e. The standard InChI is InChI=1S/C14H19N5S/c1-4-19(5-2)12-8-6-11(7-9-12)17-18-13(10-15)14(16)20-3/h6-9,16-17H,4-5H2,1-3H3/b16-14?,18-13+. The Morgan fingerprint density at radius 2 is 1.95 bits per heavy atom. The van der Waals surface area contributed by atoms with Gasteiger partial charge in [0.15, 0.2) is 5.71 Å². The molecule has 1 rings (SSSR count). The van der Waals surface area contributed by atoms with Gasteiger partial charge in [-0.2, -0.15) is 10.4 Å². The molecule has 0 saturated heterocycles. The summed E-state index contributed by atoms with van der Waals surface area (Å²) in [5.41, 5.74) is 4.84. The molecule has 0 bridgehead atoms. The van der Waals surface area contributed by atoms with Gasteiger partial charge in [0.05, 0.1) is 5.69 Å². The Morgan fingerprint density at radius 1 is 1.35 bits per heavy atom. The van der Waals surface area contributed by atoms with Crippen LogP contribution in [0, 0.1) is 16.7 Å². The minimum atomic E-state index is 0.0883. The first-order chi connectivity index (χ1) is 9.65. The summed E-state index contributed by atoms with van der Waals surface area (Å²) in [5, 5.41) is 20.6. The third-order valence-electron chi connectivity index (χ3n) is 2.82. The number of thioether (sulfide) groups is 1. The molecule has 5 nitrogen and oxygen atoms in total. The number of nitrogens with zero attached hydrogens (tertiary/aromatic N) is 3. The lowest BCUT2D eigenvalue weighted by Gasteiger charge is -2.21. The lowest BCUT2D eigenvalue weighted by atomic mass is 10.2. The van der Waals surface area contributed by atoms with E-state index in [4.69, 9.17) is 10.7 Å². The second kappa shape index (κ2) is 8.23. The third-order valence-corrected chi connectivity index (χ3v) is 3.42. The SMILES string of the molecule is CCN(CC)c1ccc(N/N=C(\C#N)C(=N)SC)cc1. The van der Waals surface area contributed by atoms with Crippen LogP contribution in [0.1, 0.15) is 13.8 Å². The van der Waals surface area contributed by atoms with E-state index in [0.29, 0.717) is 0 Å². The van der Waals surface area contributed by atoms with Gasteiger partial charge in [-0.15, -0.1) is 11.8 Å². The summed E-state index contributed by atoms with van der Waals surface area (Å²) in [7, 11) is 0. The minimum Gasteiger partial charge on any atom is -0.372 e. The van der Waals surface area contributed by atoms with Crippen molar-refractivity contribution < 1.29 is 0 Å². The van der Waals surface area contributed by atoms with Crippen LogP contribution < -0.4 is 10.3 Å². The van der Waals surface area contributed by atoms with E-state index in [1.165, 1.54) is 11.8 Å². The predicted molar refractivity (Wildman–Crippen MR) is 87.9 cm³/mol. The fourth-order valence-corrected chi connectivity index (χ4v) is 1.96. The number of benzene rings is 1. The molecule has 0 aromatic heterocycles. The van der Waals surface area contributed by atoms with E-state index >= 15 is 0 Å². The molecule has 0 aliphatic rings. The first kappa shape index (κ1) is 16.1. The molecule has 0 heterocycles. The van der Waals surface area contributed by atoms with Crippen LogP contribution in [0.3, 0.4) is 0 Å². The van der Waals surface area contributed by atoms with Crippen LogP contribution in [-0.2, 0) is 0 Å². The van der Waals surface area contributed by atoms with E-state index in [9.17, 15) is 0 Å². The molecular formula is C14H19N5S. The van der Waals surface area contributed by atoms with E-state index in [1.54, 1.807) is 6.26 Å². The normalized spacial score (nSPS) is 10.8. The van der Waals surface area contributed by atoms with E-state index < -0.39 is 0 Å². The highest BCUT2D eigenvalue weighted by atomic mass is 32.2. The fourth-order valence-electron chi connectivity index (χ4n) is 1.68. The van der Waals surface area contributed by atoms with Crippen molar-refractivity contribution in [3.05, 3.63) is 24.3 Å². The second-order valence-corrected chi connectivity index (χ2v) is 4.75. The maximum absolute atomic E-state index is 8.90. The Morgan fingerprint density at radius 3 is 2.40 bits per heavy atom. The lowest BCUT2D eigenvalue weighted by molar-refractivity contribution is 0.866. The number of rotatable bonds is 6. The number of hydrogen-bond acceptors (Lipinski definition) is 6. The second-order valence-electron chi connectivity index (χ2n) is 3.94. The number of anilines is 2. The Kier molecular flexibility index (Phi) is 6.60. The molecule has 0 aliphatic carbocycles.